The van der Waals surface area contributed by atoms with Crippen LogP contribution in [0.25, 0.3) is 0 Å². The van der Waals surface area contributed by atoms with Gasteiger partial charge in [-0.25, -0.2) is 9.97 Å². The quantitative estimate of drug-likeness (QED) is 0.592. The van der Waals surface area contributed by atoms with Crippen molar-refractivity contribution in [2.24, 2.45) is 0 Å². The van der Waals surface area contributed by atoms with Crippen molar-refractivity contribution in [3.63, 3.8) is 0 Å². The lowest BCUT2D eigenvalue weighted by molar-refractivity contribution is -0.111. The Balaban J connectivity index is 1.40. The third kappa shape index (κ3) is 3.30. The van der Waals surface area contributed by atoms with Gasteiger partial charge in [0.25, 0.3) is 0 Å². The van der Waals surface area contributed by atoms with Crippen LogP contribution in [0.5, 0.6) is 5.75 Å². The van der Waals surface area contributed by atoms with Crippen LogP contribution in [0.2, 0.25) is 0 Å². The van der Waals surface area contributed by atoms with Crippen LogP contribution in [-0.2, 0) is 4.74 Å². The predicted octanol–water partition coefficient (Wildman–Crippen LogP) is 0.956. The maximum atomic E-state index is 6.48. The highest BCUT2D eigenvalue weighted by atomic mass is 16.5. The van der Waals surface area contributed by atoms with Crippen molar-refractivity contribution in [2.45, 2.75) is 43.8 Å². The Labute approximate surface area is 164 Å². The molecule has 0 bridgehead atoms. The number of nitrogens with zero attached hydrogens (tertiary/aromatic N) is 3. The highest BCUT2D eigenvalue weighted by Gasteiger charge is 2.47. The second kappa shape index (κ2) is 6.17. The molecule has 3 fully saturated rings. The van der Waals surface area contributed by atoms with E-state index in [1.165, 1.54) is 0 Å². The molecule has 0 amide bonds. The summed E-state index contributed by atoms with van der Waals surface area (Å²) >= 11 is 0. The zero-order valence-electron chi connectivity index (χ0n) is 16.1. The molecule has 2 heterocycles. The molecule has 2 aliphatic carbocycles. The molecule has 2 aromatic rings. The molecule has 0 radical (unpaired) electrons. The van der Waals surface area contributed by atoms with Gasteiger partial charge in [0.1, 0.15) is 29.2 Å². The summed E-state index contributed by atoms with van der Waals surface area (Å²) in [6, 6.07) is 7.57. The minimum atomic E-state index is -0.0562. The van der Waals surface area contributed by atoms with Crippen LogP contribution in [0.3, 0.4) is 0 Å². The first-order chi connectivity index (χ1) is 13.5. The van der Waals surface area contributed by atoms with Gasteiger partial charge in [-0.15, -0.1) is 0 Å². The summed E-state index contributed by atoms with van der Waals surface area (Å²) in [7, 11) is 0. The molecular weight excluding hydrogens is 354 g/mol. The van der Waals surface area contributed by atoms with Gasteiger partial charge >= 0.3 is 0 Å². The topological polar surface area (TPSA) is 99.1 Å². The number of anilines is 2. The van der Waals surface area contributed by atoms with E-state index in [4.69, 9.17) is 20.6 Å². The van der Waals surface area contributed by atoms with Gasteiger partial charge in [0.05, 0.1) is 17.8 Å². The van der Waals surface area contributed by atoms with Crippen LogP contribution in [0.1, 0.15) is 43.9 Å². The van der Waals surface area contributed by atoms with Crippen molar-refractivity contribution in [1.29, 1.82) is 0 Å². The molecule has 7 nitrogen and oxygen atoms in total. The molecule has 146 valence electrons. The second-order valence-corrected chi connectivity index (χ2v) is 8.43. The summed E-state index contributed by atoms with van der Waals surface area (Å²) in [6.45, 7) is 4.53. The Bertz CT molecular complexity index is 936. The number of nitrogens with two attached hydrogens (primary N) is 2. The Hall–Kier alpha value is -2.67. The van der Waals surface area contributed by atoms with Crippen molar-refractivity contribution < 1.29 is 14.9 Å². The van der Waals surface area contributed by atoms with Gasteiger partial charge < -0.3 is 20.1 Å². The number of hydrogen-bond donors (Lipinski definition) is 2. The molecule has 4 N–H and O–H groups in total. The van der Waals surface area contributed by atoms with Crippen molar-refractivity contribution >= 4 is 17.2 Å². The summed E-state index contributed by atoms with van der Waals surface area (Å²) in [4.78, 5) is 11.1. The maximum absolute atomic E-state index is 6.48. The lowest BCUT2D eigenvalue weighted by atomic mass is 10.0. The average Bonchev–Trinajstić information content (AvgIpc) is 3.63. The third-order valence-electron chi connectivity index (χ3n) is 5.94. The SMILES string of the molecule is CC1(Oc2ccc(N)c(C(=[NH2+])c3cc(N4CCOC5(CC5)C4)ncn3)c2)CC1. The molecule has 1 saturated heterocycles. The molecule has 2 saturated carbocycles. The van der Waals surface area contributed by atoms with Crippen LogP contribution < -0.4 is 20.8 Å². The lowest BCUT2D eigenvalue weighted by Crippen LogP contribution is -2.45. The first kappa shape index (κ1) is 17.4. The molecule has 0 atom stereocenters. The van der Waals surface area contributed by atoms with Gasteiger partial charge in [0.2, 0.25) is 5.71 Å². The molecule has 1 aromatic heterocycles. The van der Waals surface area contributed by atoms with Crippen LogP contribution >= 0.6 is 0 Å². The predicted molar refractivity (Wildman–Crippen MR) is 106 cm³/mol. The summed E-state index contributed by atoms with van der Waals surface area (Å²) in [6.07, 6.45) is 5.95. The molecular formula is C21H26N5O2+. The van der Waals surface area contributed by atoms with E-state index < -0.39 is 0 Å². The fraction of sp³-hybridized carbons (Fsp3) is 0.476. The van der Waals surface area contributed by atoms with Crippen LogP contribution in [0, 0.1) is 0 Å². The number of aromatic nitrogens is 2. The summed E-state index contributed by atoms with van der Waals surface area (Å²) < 4.78 is 12.0. The molecule has 1 aromatic carbocycles. The van der Waals surface area contributed by atoms with E-state index in [9.17, 15) is 0 Å². The number of rotatable bonds is 5. The number of hydrogen-bond acceptors (Lipinski definition) is 6. The van der Waals surface area contributed by atoms with Gasteiger partial charge in [-0.2, -0.15) is 0 Å². The van der Waals surface area contributed by atoms with E-state index in [-0.39, 0.29) is 11.2 Å². The fourth-order valence-electron chi connectivity index (χ4n) is 3.68. The van der Waals surface area contributed by atoms with E-state index in [1.807, 2.05) is 24.3 Å². The Morgan fingerprint density at radius 3 is 2.79 bits per heavy atom. The van der Waals surface area contributed by atoms with Crippen molar-refractivity contribution in [3.05, 3.63) is 41.9 Å². The van der Waals surface area contributed by atoms with Crippen molar-refractivity contribution in [2.75, 3.05) is 30.3 Å². The summed E-state index contributed by atoms with van der Waals surface area (Å²) in [5.74, 6) is 1.66. The van der Waals surface area contributed by atoms with Gasteiger partial charge in [-0.3, -0.25) is 5.41 Å². The van der Waals surface area contributed by atoms with E-state index in [1.54, 1.807) is 6.33 Å². The fourth-order valence-corrected chi connectivity index (χ4v) is 3.68. The monoisotopic (exact) mass is 380 g/mol. The molecule has 0 unspecified atom stereocenters. The number of nitrogen functional groups attached to an aromatic ring is 1. The Kier molecular flexibility index (Phi) is 3.84. The first-order valence-electron chi connectivity index (χ1n) is 9.88. The van der Waals surface area contributed by atoms with Crippen LogP contribution in [-0.4, -0.2) is 46.6 Å². The van der Waals surface area contributed by atoms with Crippen molar-refractivity contribution in [3.8, 4) is 5.75 Å². The zero-order valence-corrected chi connectivity index (χ0v) is 16.1. The van der Waals surface area contributed by atoms with Crippen LogP contribution in [0.4, 0.5) is 11.5 Å². The Morgan fingerprint density at radius 2 is 2.04 bits per heavy atom. The largest absolute Gasteiger partial charge is 0.488 e. The summed E-state index contributed by atoms with van der Waals surface area (Å²) in [5, 5.41) is 6.48. The lowest BCUT2D eigenvalue weighted by Gasteiger charge is -2.34. The van der Waals surface area contributed by atoms with Crippen molar-refractivity contribution in [1.82, 2.24) is 9.97 Å². The number of benzene rings is 1. The average molecular weight is 380 g/mol. The number of morpholine rings is 1. The smallest absolute Gasteiger partial charge is 0.232 e. The van der Waals surface area contributed by atoms with E-state index in [0.717, 1.165) is 62.5 Å². The third-order valence-corrected chi connectivity index (χ3v) is 5.94. The highest BCUT2D eigenvalue weighted by molar-refractivity contribution is 6.11. The molecule has 3 aliphatic rings. The van der Waals surface area contributed by atoms with E-state index >= 15 is 0 Å². The minimum absolute atomic E-state index is 0.0354. The zero-order chi connectivity index (χ0) is 19.4. The molecule has 1 aliphatic heterocycles. The molecule has 5 rings (SSSR count). The Morgan fingerprint density at radius 1 is 1.21 bits per heavy atom. The van der Waals surface area contributed by atoms with E-state index in [0.29, 0.717) is 17.1 Å². The minimum Gasteiger partial charge on any atom is -0.488 e. The standard InChI is InChI=1S/C21H25N5O2/c1-20(4-5-20)28-14-2-3-16(22)15(10-14)19(23)17-11-18(25-13-24-17)26-8-9-27-21(12-26)6-7-21/h2-3,10-11,13,23H,4-9,12,22H2,1H3/p+1. The molecule has 28 heavy (non-hydrogen) atoms. The maximum Gasteiger partial charge on any atom is 0.232 e. The van der Waals surface area contributed by atoms with Crippen LogP contribution in [0.15, 0.2) is 30.6 Å². The normalized spacial score (nSPS) is 21.4. The summed E-state index contributed by atoms with van der Waals surface area (Å²) in [5.41, 5.74) is 8.73. The van der Waals surface area contributed by atoms with Gasteiger partial charge in [-0.05, 0) is 50.8 Å². The highest BCUT2D eigenvalue weighted by Crippen LogP contribution is 2.43. The van der Waals surface area contributed by atoms with E-state index in [2.05, 4.69) is 21.8 Å². The van der Waals surface area contributed by atoms with Gasteiger partial charge in [0, 0.05) is 24.8 Å². The first-order valence-corrected chi connectivity index (χ1v) is 9.88. The number of ether oxygens (including phenoxy) is 2. The van der Waals surface area contributed by atoms with Gasteiger partial charge in [-0.1, -0.05) is 0 Å². The molecule has 7 heteroatoms. The molecule has 1 spiro atoms. The second-order valence-electron chi connectivity index (χ2n) is 8.43. The van der Waals surface area contributed by atoms with Gasteiger partial charge in [0.15, 0.2) is 0 Å².